The van der Waals surface area contributed by atoms with Gasteiger partial charge in [0.2, 0.25) is 0 Å². The zero-order valence-electron chi connectivity index (χ0n) is 12.6. The van der Waals surface area contributed by atoms with Gasteiger partial charge in [0.1, 0.15) is 5.82 Å². The first-order chi connectivity index (χ1) is 10.8. The molecule has 0 amide bonds. The third-order valence-electron chi connectivity index (χ3n) is 3.00. The van der Waals surface area contributed by atoms with Crippen LogP contribution in [0.5, 0.6) is 0 Å². The minimum Gasteiger partial charge on any atom is -0.356 e. The fourth-order valence-corrected chi connectivity index (χ4v) is 2.65. The van der Waals surface area contributed by atoms with Crippen molar-refractivity contribution in [3.05, 3.63) is 66.0 Å². The van der Waals surface area contributed by atoms with Gasteiger partial charge in [-0.3, -0.25) is 4.99 Å². The molecule has 0 aliphatic carbocycles. The third kappa shape index (κ3) is 5.77. The molecule has 0 bridgehead atoms. The lowest BCUT2D eigenvalue weighted by molar-refractivity contribution is 0.626. The van der Waals surface area contributed by atoms with Gasteiger partial charge in [-0.05, 0) is 29.8 Å². The fourth-order valence-electron chi connectivity index (χ4n) is 1.86. The van der Waals surface area contributed by atoms with Gasteiger partial charge in [-0.15, -0.1) is 11.8 Å². The van der Waals surface area contributed by atoms with Crippen molar-refractivity contribution in [2.75, 3.05) is 19.3 Å². The smallest absolute Gasteiger partial charge is 0.191 e. The van der Waals surface area contributed by atoms with Crippen molar-refractivity contribution < 1.29 is 4.39 Å². The molecule has 0 aliphatic heterocycles. The molecule has 0 atom stereocenters. The maximum Gasteiger partial charge on any atom is 0.191 e. The second-order valence-electron chi connectivity index (χ2n) is 4.64. The molecular weight excluding hydrogens is 297 g/mol. The van der Waals surface area contributed by atoms with E-state index >= 15 is 0 Å². The van der Waals surface area contributed by atoms with E-state index in [4.69, 9.17) is 0 Å². The minimum atomic E-state index is -0.218. The predicted molar refractivity (Wildman–Crippen MR) is 91.8 cm³/mol. The summed E-state index contributed by atoms with van der Waals surface area (Å²) < 4.78 is 12.8. The van der Waals surface area contributed by atoms with Crippen molar-refractivity contribution >= 4 is 17.7 Å². The van der Waals surface area contributed by atoms with Gasteiger partial charge in [0, 0.05) is 30.8 Å². The second kappa shape index (κ2) is 9.10. The first-order valence-corrected chi connectivity index (χ1v) is 8.13. The number of rotatable bonds is 6. The average Bonchev–Trinajstić information content (AvgIpc) is 2.57. The van der Waals surface area contributed by atoms with Gasteiger partial charge in [-0.25, -0.2) is 4.39 Å². The fraction of sp³-hybridized carbons (Fsp3) is 0.235. The molecule has 0 spiro atoms. The largest absolute Gasteiger partial charge is 0.356 e. The van der Waals surface area contributed by atoms with E-state index in [1.807, 2.05) is 18.2 Å². The molecule has 5 heteroatoms. The summed E-state index contributed by atoms with van der Waals surface area (Å²) in [7, 11) is 1.74. The van der Waals surface area contributed by atoms with E-state index in [-0.39, 0.29) is 5.82 Å². The van der Waals surface area contributed by atoms with Crippen LogP contribution in [-0.4, -0.2) is 25.3 Å². The topological polar surface area (TPSA) is 36.4 Å². The molecule has 2 aromatic rings. The molecule has 0 aliphatic rings. The van der Waals surface area contributed by atoms with E-state index < -0.39 is 0 Å². The average molecular weight is 317 g/mol. The second-order valence-corrected chi connectivity index (χ2v) is 5.81. The van der Waals surface area contributed by atoms with Crippen molar-refractivity contribution in [1.82, 2.24) is 10.6 Å². The number of hydrogen-bond donors (Lipinski definition) is 2. The van der Waals surface area contributed by atoms with Crippen LogP contribution in [0.3, 0.4) is 0 Å². The molecule has 2 N–H and O–H groups in total. The predicted octanol–water partition coefficient (Wildman–Crippen LogP) is 3.28. The molecule has 116 valence electrons. The van der Waals surface area contributed by atoms with Gasteiger partial charge in [-0.2, -0.15) is 0 Å². The number of benzene rings is 2. The van der Waals surface area contributed by atoms with E-state index in [1.54, 1.807) is 30.9 Å². The van der Waals surface area contributed by atoms with Crippen LogP contribution in [-0.2, 0) is 6.54 Å². The van der Waals surface area contributed by atoms with Crippen LogP contribution >= 0.6 is 11.8 Å². The molecule has 0 heterocycles. The molecule has 0 aromatic heterocycles. The first kappa shape index (κ1) is 16.4. The standard InChI is InChI=1S/C17H20FN3S/c1-19-17(21-13-14-7-9-15(18)10-8-14)20-11-12-22-16-5-3-2-4-6-16/h2-10H,11-13H2,1H3,(H2,19,20,21). The van der Waals surface area contributed by atoms with Crippen molar-refractivity contribution in [1.29, 1.82) is 0 Å². The highest BCUT2D eigenvalue weighted by Gasteiger charge is 1.99. The van der Waals surface area contributed by atoms with Crippen LogP contribution < -0.4 is 10.6 Å². The number of nitrogens with zero attached hydrogens (tertiary/aromatic N) is 1. The SMILES string of the molecule is CN=C(NCCSc1ccccc1)NCc1ccc(F)cc1. The van der Waals surface area contributed by atoms with Gasteiger partial charge in [-0.1, -0.05) is 30.3 Å². The Bertz CT molecular complexity index is 585. The van der Waals surface area contributed by atoms with Crippen molar-refractivity contribution in [2.24, 2.45) is 4.99 Å². The lowest BCUT2D eigenvalue weighted by atomic mass is 10.2. The summed E-state index contributed by atoms with van der Waals surface area (Å²) in [5.41, 5.74) is 1.02. The highest BCUT2D eigenvalue weighted by molar-refractivity contribution is 7.99. The Balaban J connectivity index is 1.68. The molecule has 22 heavy (non-hydrogen) atoms. The summed E-state index contributed by atoms with van der Waals surface area (Å²) in [5.74, 6) is 1.49. The van der Waals surface area contributed by atoms with Crippen LogP contribution in [0.2, 0.25) is 0 Å². The lowest BCUT2D eigenvalue weighted by Crippen LogP contribution is -2.37. The molecule has 0 radical (unpaired) electrons. The monoisotopic (exact) mass is 317 g/mol. The molecule has 0 saturated heterocycles. The maximum atomic E-state index is 12.8. The maximum absolute atomic E-state index is 12.8. The zero-order valence-corrected chi connectivity index (χ0v) is 13.4. The normalized spacial score (nSPS) is 11.3. The number of aliphatic imine (C=N–C) groups is 1. The van der Waals surface area contributed by atoms with Crippen LogP contribution in [0, 0.1) is 5.82 Å². The Morgan fingerprint density at radius 2 is 1.77 bits per heavy atom. The molecule has 0 saturated carbocycles. The Kier molecular flexibility index (Phi) is 6.77. The first-order valence-electron chi connectivity index (χ1n) is 7.15. The van der Waals surface area contributed by atoms with Crippen molar-refractivity contribution in [3.8, 4) is 0 Å². The van der Waals surface area contributed by atoms with Crippen molar-refractivity contribution in [2.45, 2.75) is 11.4 Å². The molecule has 0 fully saturated rings. The van der Waals surface area contributed by atoms with Gasteiger partial charge in [0.05, 0.1) is 0 Å². The van der Waals surface area contributed by atoms with Gasteiger partial charge in [0.15, 0.2) is 5.96 Å². The Morgan fingerprint density at radius 3 is 2.45 bits per heavy atom. The van der Waals surface area contributed by atoms with E-state index in [9.17, 15) is 4.39 Å². The third-order valence-corrected chi connectivity index (χ3v) is 4.02. The van der Waals surface area contributed by atoms with Crippen LogP contribution in [0.1, 0.15) is 5.56 Å². The highest BCUT2D eigenvalue weighted by Crippen LogP contribution is 2.15. The van der Waals surface area contributed by atoms with E-state index in [2.05, 4.69) is 27.8 Å². The van der Waals surface area contributed by atoms with E-state index in [0.717, 1.165) is 23.8 Å². The summed E-state index contributed by atoms with van der Waals surface area (Å²) in [4.78, 5) is 5.44. The molecule has 2 rings (SSSR count). The molecule has 0 unspecified atom stereocenters. The van der Waals surface area contributed by atoms with E-state index in [1.165, 1.54) is 17.0 Å². The highest BCUT2D eigenvalue weighted by atomic mass is 32.2. The van der Waals surface area contributed by atoms with Gasteiger partial charge >= 0.3 is 0 Å². The summed E-state index contributed by atoms with van der Waals surface area (Å²) in [6.45, 7) is 1.44. The Hall–Kier alpha value is -2.01. The van der Waals surface area contributed by atoms with Crippen LogP contribution in [0.4, 0.5) is 4.39 Å². The number of hydrogen-bond acceptors (Lipinski definition) is 2. The number of thioether (sulfide) groups is 1. The quantitative estimate of drug-likeness (QED) is 0.371. The Labute approximate surface area is 135 Å². The Morgan fingerprint density at radius 1 is 1.05 bits per heavy atom. The van der Waals surface area contributed by atoms with Gasteiger partial charge in [0.25, 0.3) is 0 Å². The lowest BCUT2D eigenvalue weighted by Gasteiger charge is -2.11. The summed E-state index contributed by atoms with van der Waals surface area (Å²) in [6.07, 6.45) is 0. The number of nitrogens with one attached hydrogen (secondary N) is 2. The van der Waals surface area contributed by atoms with Crippen molar-refractivity contribution in [3.63, 3.8) is 0 Å². The summed E-state index contributed by atoms with van der Waals surface area (Å²) >= 11 is 1.80. The number of guanidine groups is 1. The summed E-state index contributed by atoms with van der Waals surface area (Å²) in [5, 5.41) is 6.48. The molecule has 3 nitrogen and oxygen atoms in total. The van der Waals surface area contributed by atoms with Crippen LogP contribution in [0.25, 0.3) is 0 Å². The molecular formula is C17H20FN3S. The minimum absolute atomic E-state index is 0.218. The molecule has 2 aromatic carbocycles. The van der Waals surface area contributed by atoms with Gasteiger partial charge < -0.3 is 10.6 Å². The van der Waals surface area contributed by atoms with E-state index in [0.29, 0.717) is 6.54 Å². The number of halogens is 1. The zero-order chi connectivity index (χ0) is 15.6. The van der Waals surface area contributed by atoms with Crippen LogP contribution in [0.15, 0.2) is 64.5 Å². The summed E-state index contributed by atoms with van der Waals surface area (Å²) in [6, 6.07) is 16.8.